The molecule has 4 heteroatoms. The van der Waals surface area contributed by atoms with Crippen molar-refractivity contribution in [3.05, 3.63) is 47.5 Å². The first-order valence-corrected chi connectivity index (χ1v) is 7.12. The van der Waals surface area contributed by atoms with E-state index in [1.54, 1.807) is 12.1 Å². The third-order valence-corrected chi connectivity index (χ3v) is 2.97. The fourth-order valence-electron chi connectivity index (χ4n) is 2.05. The van der Waals surface area contributed by atoms with Crippen LogP contribution in [0.25, 0.3) is 0 Å². The number of rotatable bonds is 6. The Morgan fingerprint density at radius 3 is 2.41 bits per heavy atom. The monoisotopic (exact) mass is 300 g/mol. The van der Waals surface area contributed by atoms with Gasteiger partial charge in [0.15, 0.2) is 11.5 Å². The Kier molecular flexibility index (Phi) is 5.04. The van der Waals surface area contributed by atoms with Crippen LogP contribution in [0.4, 0.5) is 0 Å². The van der Waals surface area contributed by atoms with Crippen LogP contribution in [-0.2, 0) is 0 Å². The summed E-state index contributed by atoms with van der Waals surface area (Å²) in [6.45, 7) is 5.83. The number of ether oxygens (including phenoxy) is 3. The molecule has 0 aliphatic rings. The largest absolute Gasteiger partial charge is 0.493 e. The molecule has 2 aromatic carbocycles. The Hall–Kier alpha value is -2.49. The van der Waals surface area contributed by atoms with Gasteiger partial charge in [-0.15, -0.1) is 0 Å². The number of hydrogen-bond donors (Lipinski definition) is 0. The zero-order chi connectivity index (χ0) is 16.1. The van der Waals surface area contributed by atoms with Crippen LogP contribution in [0, 0.1) is 6.92 Å². The smallest absolute Gasteiger partial charge is 0.204 e. The van der Waals surface area contributed by atoms with Crippen molar-refractivity contribution in [3.63, 3.8) is 0 Å². The van der Waals surface area contributed by atoms with E-state index in [0.717, 1.165) is 11.8 Å². The first kappa shape index (κ1) is 15.9. The minimum atomic E-state index is -0.0455. The third kappa shape index (κ3) is 3.79. The van der Waals surface area contributed by atoms with Crippen LogP contribution in [0.5, 0.6) is 23.0 Å². The van der Waals surface area contributed by atoms with Crippen LogP contribution in [-0.4, -0.2) is 19.5 Å². The maximum atomic E-state index is 11.1. The predicted octanol–water partition coefficient (Wildman–Crippen LogP) is 4.40. The van der Waals surface area contributed by atoms with Gasteiger partial charge in [-0.05, 0) is 50.6 Å². The number of aldehydes is 1. The molecule has 0 aromatic heterocycles. The molecule has 2 rings (SSSR count). The SMILES string of the molecule is COc1cc(C=O)cc(Oc2cccc(C)c2)c1OC(C)C. The molecular formula is C18H20O4. The quantitative estimate of drug-likeness (QED) is 0.742. The number of carbonyl (C=O) groups is 1. The standard InChI is InChI=1S/C18H20O4/c1-12(2)21-18-16(20-4)9-14(11-19)10-17(18)22-15-7-5-6-13(3)8-15/h5-12H,1-4H3. The van der Waals surface area contributed by atoms with Crippen LogP contribution >= 0.6 is 0 Å². The average Bonchev–Trinajstić information content (AvgIpc) is 2.48. The molecule has 0 aliphatic heterocycles. The normalized spacial score (nSPS) is 10.4. The van der Waals surface area contributed by atoms with Crippen molar-refractivity contribution < 1.29 is 19.0 Å². The van der Waals surface area contributed by atoms with E-state index in [2.05, 4.69) is 0 Å². The summed E-state index contributed by atoms with van der Waals surface area (Å²) in [6.07, 6.45) is 0.709. The van der Waals surface area contributed by atoms with E-state index < -0.39 is 0 Å². The summed E-state index contributed by atoms with van der Waals surface area (Å²) in [6, 6.07) is 10.9. The first-order chi connectivity index (χ1) is 10.5. The van der Waals surface area contributed by atoms with E-state index in [4.69, 9.17) is 14.2 Å². The van der Waals surface area contributed by atoms with Gasteiger partial charge in [0.25, 0.3) is 0 Å². The van der Waals surface area contributed by atoms with E-state index in [0.29, 0.717) is 28.6 Å². The molecule has 0 atom stereocenters. The Morgan fingerprint density at radius 1 is 1.09 bits per heavy atom. The van der Waals surface area contributed by atoms with Crippen LogP contribution in [0.3, 0.4) is 0 Å². The second-order valence-corrected chi connectivity index (χ2v) is 5.25. The van der Waals surface area contributed by atoms with Crippen LogP contribution in [0.1, 0.15) is 29.8 Å². The van der Waals surface area contributed by atoms with E-state index in [1.165, 1.54) is 7.11 Å². The van der Waals surface area contributed by atoms with Gasteiger partial charge >= 0.3 is 0 Å². The maximum Gasteiger partial charge on any atom is 0.204 e. The molecule has 0 amide bonds. The van der Waals surface area contributed by atoms with Crippen LogP contribution in [0.15, 0.2) is 36.4 Å². The van der Waals surface area contributed by atoms with Gasteiger partial charge < -0.3 is 14.2 Å². The average molecular weight is 300 g/mol. The second kappa shape index (κ2) is 6.98. The van der Waals surface area contributed by atoms with E-state index in [1.807, 2.05) is 45.0 Å². The summed E-state index contributed by atoms with van der Waals surface area (Å²) in [4.78, 5) is 11.1. The molecule has 0 fully saturated rings. The lowest BCUT2D eigenvalue weighted by Crippen LogP contribution is -2.08. The van der Waals surface area contributed by atoms with Gasteiger partial charge in [-0.2, -0.15) is 0 Å². The van der Waals surface area contributed by atoms with Crippen molar-refractivity contribution in [2.45, 2.75) is 26.9 Å². The molecule has 2 aromatic rings. The fourth-order valence-corrected chi connectivity index (χ4v) is 2.05. The van der Waals surface area contributed by atoms with Gasteiger partial charge in [-0.1, -0.05) is 12.1 Å². The molecule has 0 bridgehead atoms. The van der Waals surface area contributed by atoms with E-state index in [-0.39, 0.29) is 6.10 Å². The molecular weight excluding hydrogens is 280 g/mol. The molecule has 0 saturated heterocycles. The molecule has 0 spiro atoms. The summed E-state index contributed by atoms with van der Waals surface area (Å²) < 4.78 is 17.0. The Balaban J connectivity index is 2.48. The zero-order valence-corrected chi connectivity index (χ0v) is 13.3. The molecule has 0 radical (unpaired) electrons. The molecule has 0 saturated carbocycles. The highest BCUT2D eigenvalue weighted by Gasteiger charge is 2.17. The topological polar surface area (TPSA) is 44.8 Å². The van der Waals surface area contributed by atoms with E-state index in [9.17, 15) is 4.79 Å². The summed E-state index contributed by atoms with van der Waals surface area (Å²) in [5.74, 6) is 2.10. The lowest BCUT2D eigenvalue weighted by Gasteiger charge is -2.18. The molecule has 4 nitrogen and oxygen atoms in total. The Bertz CT molecular complexity index is 662. The van der Waals surface area contributed by atoms with Gasteiger partial charge in [-0.3, -0.25) is 4.79 Å². The van der Waals surface area contributed by atoms with Crippen LogP contribution < -0.4 is 14.2 Å². The number of hydrogen-bond acceptors (Lipinski definition) is 4. The zero-order valence-electron chi connectivity index (χ0n) is 13.3. The second-order valence-electron chi connectivity index (χ2n) is 5.25. The number of aryl methyl sites for hydroxylation is 1. The molecule has 0 N–H and O–H groups in total. The predicted molar refractivity (Wildman–Crippen MR) is 85.4 cm³/mol. The highest BCUT2D eigenvalue weighted by molar-refractivity contribution is 5.78. The lowest BCUT2D eigenvalue weighted by molar-refractivity contribution is 0.112. The van der Waals surface area contributed by atoms with Crippen LogP contribution in [0.2, 0.25) is 0 Å². The van der Waals surface area contributed by atoms with Crippen molar-refractivity contribution in [2.75, 3.05) is 7.11 Å². The third-order valence-electron chi connectivity index (χ3n) is 2.97. The molecule has 116 valence electrons. The summed E-state index contributed by atoms with van der Waals surface area (Å²) in [7, 11) is 1.54. The van der Waals surface area contributed by atoms with E-state index >= 15 is 0 Å². The number of methoxy groups -OCH3 is 1. The molecule has 22 heavy (non-hydrogen) atoms. The summed E-state index contributed by atoms with van der Waals surface area (Å²) in [5, 5.41) is 0. The van der Waals surface area contributed by atoms with Crippen molar-refractivity contribution in [3.8, 4) is 23.0 Å². The number of benzene rings is 2. The molecule has 0 heterocycles. The first-order valence-electron chi connectivity index (χ1n) is 7.12. The fraction of sp³-hybridized carbons (Fsp3) is 0.278. The highest BCUT2D eigenvalue weighted by Crippen LogP contribution is 2.41. The molecule has 0 unspecified atom stereocenters. The molecule has 0 aliphatic carbocycles. The summed E-state index contributed by atoms with van der Waals surface area (Å²) in [5.41, 5.74) is 1.55. The summed E-state index contributed by atoms with van der Waals surface area (Å²) >= 11 is 0. The maximum absolute atomic E-state index is 11.1. The van der Waals surface area contributed by atoms with Gasteiger partial charge in [-0.25, -0.2) is 0 Å². The van der Waals surface area contributed by atoms with Gasteiger partial charge in [0.05, 0.1) is 13.2 Å². The Labute approximate surface area is 130 Å². The minimum Gasteiger partial charge on any atom is -0.493 e. The lowest BCUT2D eigenvalue weighted by atomic mass is 10.2. The van der Waals surface area contributed by atoms with Gasteiger partial charge in [0.1, 0.15) is 12.0 Å². The van der Waals surface area contributed by atoms with Crippen molar-refractivity contribution in [1.82, 2.24) is 0 Å². The highest BCUT2D eigenvalue weighted by atomic mass is 16.5. The van der Waals surface area contributed by atoms with Gasteiger partial charge in [0.2, 0.25) is 5.75 Å². The Morgan fingerprint density at radius 2 is 1.82 bits per heavy atom. The van der Waals surface area contributed by atoms with Gasteiger partial charge in [0, 0.05) is 5.56 Å². The van der Waals surface area contributed by atoms with Crippen molar-refractivity contribution in [1.29, 1.82) is 0 Å². The minimum absolute atomic E-state index is 0.0455. The number of carbonyl (C=O) groups excluding carboxylic acids is 1. The van der Waals surface area contributed by atoms with Crippen molar-refractivity contribution >= 4 is 6.29 Å². The van der Waals surface area contributed by atoms with Crippen molar-refractivity contribution in [2.24, 2.45) is 0 Å².